The molecule has 2 aromatic rings. The second kappa shape index (κ2) is 16.6. The number of halogens is 2. The van der Waals surface area contributed by atoms with Crippen LogP contribution >= 0.6 is 0 Å². The van der Waals surface area contributed by atoms with Gasteiger partial charge in [-0.3, -0.25) is 0 Å². The minimum Gasteiger partial charge on any atom is -1.00 e. The molecule has 0 N–H and O–H groups in total. The Kier molecular flexibility index (Phi) is 19.3. The Bertz CT molecular complexity index is 634. The normalized spacial score (nSPS) is 11.9. The van der Waals surface area contributed by atoms with Crippen molar-refractivity contribution in [1.29, 1.82) is 0 Å². The maximum atomic E-state index is 2.70. The predicted molar refractivity (Wildman–Crippen MR) is 143 cm³/mol. The van der Waals surface area contributed by atoms with Crippen LogP contribution in [0.1, 0.15) is 55.4 Å². The van der Waals surface area contributed by atoms with E-state index in [4.69, 9.17) is 0 Å². The second-order valence-corrected chi connectivity index (χ2v) is 19.1. The van der Waals surface area contributed by atoms with Crippen LogP contribution in [-0.4, -0.2) is 49.8 Å². The van der Waals surface area contributed by atoms with Gasteiger partial charge >= 0.3 is 26.2 Å². The summed E-state index contributed by atoms with van der Waals surface area (Å²) in [5.41, 5.74) is 0. The first-order valence-electron chi connectivity index (χ1n) is 11.8. The van der Waals surface area contributed by atoms with E-state index in [-0.39, 0.29) is 60.2 Å². The van der Waals surface area contributed by atoms with Crippen molar-refractivity contribution in [3.8, 4) is 0 Å². The summed E-state index contributed by atoms with van der Waals surface area (Å²) in [5.74, 6) is 0. The largest absolute Gasteiger partial charge is 4.00 e. The number of hydrogen-bond donors (Lipinski definition) is 0. The maximum absolute atomic E-state index is 2.70. The minimum atomic E-state index is -1.45. The van der Waals surface area contributed by atoms with Crippen LogP contribution in [0.15, 0.2) is 48.5 Å². The molecule has 33 heavy (non-hydrogen) atoms. The summed E-state index contributed by atoms with van der Waals surface area (Å²) in [4.78, 5) is 0. The van der Waals surface area contributed by atoms with Crippen molar-refractivity contribution in [2.75, 3.05) is 0 Å². The predicted octanol–water partition coefficient (Wildman–Crippen LogP) is -0.122. The molecule has 0 aromatic heterocycles. The van der Waals surface area contributed by atoms with Gasteiger partial charge in [0.1, 0.15) is 0 Å². The summed E-state index contributed by atoms with van der Waals surface area (Å²) in [6.45, 7) is 28.2. The van der Waals surface area contributed by atoms with E-state index in [0.29, 0.717) is 24.2 Å². The fourth-order valence-corrected chi connectivity index (χ4v) is 13.4. The molecule has 0 unspecified atom stereocenters. The Morgan fingerprint density at radius 1 is 0.485 bits per heavy atom. The van der Waals surface area contributed by atoms with Gasteiger partial charge in [0.25, 0.3) is 0 Å². The summed E-state index contributed by atoms with van der Waals surface area (Å²) in [7, 11) is -2.90. The summed E-state index contributed by atoms with van der Waals surface area (Å²) in [5, 5.41) is 3.09. The molecular formula is C26H48Br2N2Si2Zr. The SMILES string of the molecule is CC(C)N(C(C)C)[Si](C)(C)[c-]1cccc1.CC(C)N(C(C)C)[Si](C)(C)[c-]1cccc1.[Br-].[Br-].[Zr+4]. The fourth-order valence-electron chi connectivity index (χ4n) is 5.64. The summed E-state index contributed by atoms with van der Waals surface area (Å²) < 4.78 is 5.39. The van der Waals surface area contributed by atoms with Crippen molar-refractivity contribution in [1.82, 2.24) is 9.13 Å². The molecule has 0 spiro atoms. The van der Waals surface area contributed by atoms with Crippen LogP contribution < -0.4 is 44.3 Å². The summed E-state index contributed by atoms with van der Waals surface area (Å²) in [6.07, 6.45) is 0. The first kappa shape index (κ1) is 38.4. The third kappa shape index (κ3) is 10.4. The molecule has 2 rings (SSSR count). The molecule has 0 atom stereocenters. The van der Waals surface area contributed by atoms with Crippen LogP contribution in [-0.2, 0) is 26.2 Å². The Balaban J connectivity index is -0.000000500. The van der Waals surface area contributed by atoms with Gasteiger partial charge in [0.2, 0.25) is 0 Å². The van der Waals surface area contributed by atoms with Crippen molar-refractivity contribution in [3.05, 3.63) is 48.5 Å². The standard InChI is InChI=1S/2C13H24NSi.2BrH.Zr/c2*1-11(2)14(12(3)4)15(5,6)13-9-7-8-10-13;;;/h2*7-12H,1-6H3;2*1H;/q2*-1;;;+4/p-2. The fraction of sp³-hybridized carbons (Fsp3) is 0.615. The molecule has 0 radical (unpaired) electrons. The Morgan fingerprint density at radius 3 is 0.818 bits per heavy atom. The van der Waals surface area contributed by atoms with Crippen LogP contribution in [0.4, 0.5) is 0 Å². The first-order valence-corrected chi connectivity index (χ1v) is 17.6. The number of nitrogens with zero attached hydrogens (tertiary/aromatic N) is 2. The average Bonchev–Trinajstić information content (AvgIpc) is 3.28. The molecule has 188 valence electrons. The van der Waals surface area contributed by atoms with Crippen molar-refractivity contribution in [2.45, 2.75) is 106 Å². The van der Waals surface area contributed by atoms with Gasteiger partial charge in [0.15, 0.2) is 0 Å². The third-order valence-electron chi connectivity index (χ3n) is 6.25. The molecule has 0 aliphatic carbocycles. The van der Waals surface area contributed by atoms with Gasteiger partial charge in [-0.05, 0) is 24.2 Å². The zero-order valence-electron chi connectivity index (χ0n) is 23.1. The zero-order chi connectivity index (χ0) is 23.3. The van der Waals surface area contributed by atoms with E-state index in [9.17, 15) is 0 Å². The molecule has 7 heteroatoms. The number of rotatable bonds is 8. The zero-order valence-corrected chi connectivity index (χ0v) is 30.7. The number of hydrogen-bond acceptors (Lipinski definition) is 2. The van der Waals surface area contributed by atoms with Gasteiger partial charge in [-0.1, -0.05) is 81.6 Å². The average molecular weight is 696 g/mol. The second-order valence-electron chi connectivity index (χ2n) is 10.7. The van der Waals surface area contributed by atoms with Crippen LogP contribution in [0.2, 0.25) is 26.2 Å². The van der Waals surface area contributed by atoms with Crippen molar-refractivity contribution < 1.29 is 60.2 Å². The van der Waals surface area contributed by atoms with Gasteiger partial charge in [0.05, 0.1) is 16.5 Å². The Labute approximate surface area is 248 Å². The molecule has 0 heterocycles. The molecule has 0 amide bonds. The molecule has 0 aliphatic heterocycles. The molecular weight excluding hydrogens is 648 g/mol. The quantitative estimate of drug-likeness (QED) is 0.281. The van der Waals surface area contributed by atoms with E-state index in [1.54, 1.807) is 10.4 Å². The van der Waals surface area contributed by atoms with Crippen molar-refractivity contribution >= 4 is 26.8 Å². The van der Waals surface area contributed by atoms with Crippen molar-refractivity contribution in [2.24, 2.45) is 0 Å². The van der Waals surface area contributed by atoms with Gasteiger partial charge < -0.3 is 43.1 Å². The van der Waals surface area contributed by atoms with Gasteiger partial charge in [-0.15, -0.1) is 10.4 Å². The molecule has 0 aliphatic rings. The van der Waals surface area contributed by atoms with Gasteiger partial charge in [-0.2, -0.15) is 24.3 Å². The Morgan fingerprint density at radius 2 is 0.667 bits per heavy atom. The van der Waals surface area contributed by atoms with E-state index in [0.717, 1.165) is 0 Å². The minimum absolute atomic E-state index is 0. The molecule has 2 aromatic carbocycles. The molecule has 0 saturated heterocycles. The first-order chi connectivity index (χ1) is 13.7. The topological polar surface area (TPSA) is 6.48 Å². The maximum Gasteiger partial charge on any atom is 4.00 e. The van der Waals surface area contributed by atoms with Crippen LogP contribution in [0.25, 0.3) is 0 Å². The van der Waals surface area contributed by atoms with Crippen LogP contribution in [0.3, 0.4) is 0 Å². The smallest absolute Gasteiger partial charge is 1.00 e. The Hall–Kier alpha value is 0.897. The molecule has 0 fully saturated rings. The van der Waals surface area contributed by atoms with Gasteiger partial charge in [-0.25, -0.2) is 24.3 Å². The van der Waals surface area contributed by atoms with Gasteiger partial charge in [0, 0.05) is 0 Å². The monoisotopic (exact) mass is 692 g/mol. The van der Waals surface area contributed by atoms with Crippen LogP contribution in [0.5, 0.6) is 0 Å². The van der Waals surface area contributed by atoms with E-state index in [2.05, 4.69) is 139 Å². The molecule has 0 bridgehead atoms. The third-order valence-corrected chi connectivity index (χ3v) is 14.4. The van der Waals surface area contributed by atoms with E-state index >= 15 is 0 Å². The molecule has 0 saturated carbocycles. The van der Waals surface area contributed by atoms with E-state index in [1.165, 1.54) is 0 Å². The van der Waals surface area contributed by atoms with Crippen LogP contribution in [0, 0.1) is 0 Å². The van der Waals surface area contributed by atoms with E-state index < -0.39 is 16.5 Å². The molecule has 2 nitrogen and oxygen atoms in total. The summed E-state index contributed by atoms with van der Waals surface area (Å²) in [6, 6.07) is 20.3. The summed E-state index contributed by atoms with van der Waals surface area (Å²) >= 11 is 0. The van der Waals surface area contributed by atoms with E-state index in [1.807, 2.05) is 0 Å². The van der Waals surface area contributed by atoms with Crippen molar-refractivity contribution in [3.63, 3.8) is 0 Å².